The lowest BCUT2D eigenvalue weighted by molar-refractivity contribution is -0.125. The van der Waals surface area contributed by atoms with Crippen molar-refractivity contribution in [3.05, 3.63) is 63.6 Å². The molecule has 154 valence electrons. The van der Waals surface area contributed by atoms with Crippen LogP contribution in [0.2, 0.25) is 5.02 Å². The Morgan fingerprint density at radius 1 is 1.37 bits per heavy atom. The van der Waals surface area contributed by atoms with E-state index in [4.69, 9.17) is 11.6 Å². The molecule has 6 nitrogen and oxygen atoms in total. The number of nitrogens with one attached hydrogen (secondary N) is 1. The fraction of sp³-hybridized carbons (Fsp3) is 0.227. The fourth-order valence-corrected chi connectivity index (χ4v) is 4.92. The number of likely N-dealkylation sites (N-methyl/N-ethyl adjacent to an activating group) is 2. The average Bonchev–Trinajstić information content (AvgIpc) is 2.94. The van der Waals surface area contributed by atoms with Crippen LogP contribution in [0, 0.1) is 0 Å². The highest BCUT2D eigenvalue weighted by molar-refractivity contribution is 7.19. The van der Waals surface area contributed by atoms with Crippen molar-refractivity contribution < 1.29 is 9.59 Å². The van der Waals surface area contributed by atoms with Crippen LogP contribution >= 0.6 is 22.9 Å². The maximum absolute atomic E-state index is 12.6. The van der Waals surface area contributed by atoms with Gasteiger partial charge < -0.3 is 10.2 Å². The van der Waals surface area contributed by atoms with Crippen molar-refractivity contribution in [3.63, 3.8) is 0 Å². The molecule has 0 spiro atoms. The van der Waals surface area contributed by atoms with Gasteiger partial charge in [0.15, 0.2) is 0 Å². The molecule has 2 aromatic heterocycles. The van der Waals surface area contributed by atoms with Gasteiger partial charge in [0.25, 0.3) is 0 Å². The number of fused-ring (bicyclic) bond motifs is 2. The predicted molar refractivity (Wildman–Crippen MR) is 122 cm³/mol. The molecule has 4 rings (SSSR count). The van der Waals surface area contributed by atoms with Gasteiger partial charge in [-0.05, 0) is 30.8 Å². The zero-order valence-corrected chi connectivity index (χ0v) is 18.3. The normalized spacial score (nSPS) is 14.6. The number of amides is 2. The molecule has 0 aliphatic carbocycles. The second-order valence-corrected chi connectivity index (χ2v) is 8.87. The van der Waals surface area contributed by atoms with Gasteiger partial charge >= 0.3 is 0 Å². The third-order valence-electron chi connectivity index (χ3n) is 4.88. The van der Waals surface area contributed by atoms with Crippen LogP contribution in [0.25, 0.3) is 16.2 Å². The molecule has 1 N–H and O–H groups in total. The van der Waals surface area contributed by atoms with E-state index in [1.807, 2.05) is 42.3 Å². The molecular formula is C22H21ClN4O2S. The minimum atomic E-state index is -0.121. The molecule has 3 aromatic rings. The lowest BCUT2D eigenvalue weighted by Gasteiger charge is -2.14. The first-order valence-electron chi connectivity index (χ1n) is 9.47. The van der Waals surface area contributed by atoms with Gasteiger partial charge in [0.1, 0.15) is 5.82 Å². The number of carbonyl (C=O) groups excluding carboxylic acids is 2. The lowest BCUT2D eigenvalue weighted by Crippen LogP contribution is -2.26. The smallest absolute Gasteiger partial charge is 0.246 e. The van der Waals surface area contributed by atoms with Crippen LogP contribution in [0.3, 0.4) is 0 Å². The summed E-state index contributed by atoms with van der Waals surface area (Å²) in [6.45, 7) is 1.38. The maximum atomic E-state index is 12.6. The summed E-state index contributed by atoms with van der Waals surface area (Å²) in [6.07, 6.45) is 4.92. The zero-order chi connectivity index (χ0) is 21.3. The van der Waals surface area contributed by atoms with Crippen molar-refractivity contribution in [2.24, 2.45) is 0 Å². The third-order valence-corrected chi connectivity index (χ3v) is 6.58. The highest BCUT2D eigenvalue weighted by atomic mass is 35.5. The molecule has 1 aromatic carbocycles. The van der Waals surface area contributed by atoms with Crippen molar-refractivity contribution in [2.45, 2.75) is 13.1 Å². The number of halogens is 1. The first-order chi connectivity index (χ1) is 14.4. The van der Waals surface area contributed by atoms with Crippen LogP contribution in [-0.2, 0) is 22.7 Å². The summed E-state index contributed by atoms with van der Waals surface area (Å²) < 4.78 is 1.11. The number of hydrogen-bond donors (Lipinski definition) is 1. The molecule has 0 atom stereocenters. The molecule has 0 fully saturated rings. The predicted octanol–water partition coefficient (Wildman–Crippen LogP) is 4.01. The molecule has 0 saturated carbocycles. The summed E-state index contributed by atoms with van der Waals surface area (Å²) in [6, 6.07) is 9.90. The van der Waals surface area contributed by atoms with E-state index in [2.05, 4.69) is 10.3 Å². The Hall–Kier alpha value is -2.74. The number of aromatic nitrogens is 1. The monoisotopic (exact) mass is 440 g/mol. The Bertz CT molecular complexity index is 1160. The van der Waals surface area contributed by atoms with E-state index in [1.54, 1.807) is 35.6 Å². The van der Waals surface area contributed by atoms with Crippen molar-refractivity contribution in [1.82, 2.24) is 14.8 Å². The van der Waals surface area contributed by atoms with E-state index < -0.39 is 0 Å². The Labute approximate surface area is 183 Å². The molecular weight excluding hydrogens is 420 g/mol. The highest BCUT2D eigenvalue weighted by Gasteiger charge is 2.18. The van der Waals surface area contributed by atoms with E-state index in [-0.39, 0.29) is 11.8 Å². The minimum Gasteiger partial charge on any atom is -0.337 e. The van der Waals surface area contributed by atoms with Crippen LogP contribution in [0.4, 0.5) is 5.82 Å². The third kappa shape index (κ3) is 4.38. The van der Waals surface area contributed by atoms with Gasteiger partial charge in [-0.3, -0.25) is 14.5 Å². The number of benzene rings is 1. The van der Waals surface area contributed by atoms with Crippen molar-refractivity contribution in [2.75, 3.05) is 26.0 Å². The summed E-state index contributed by atoms with van der Waals surface area (Å²) in [5.41, 5.74) is 1.73. The van der Waals surface area contributed by atoms with Gasteiger partial charge in [0.2, 0.25) is 11.8 Å². The molecule has 0 unspecified atom stereocenters. The maximum Gasteiger partial charge on any atom is 0.246 e. The number of rotatable bonds is 4. The number of pyridine rings is 1. The summed E-state index contributed by atoms with van der Waals surface area (Å²) in [7, 11) is 3.64. The van der Waals surface area contributed by atoms with Crippen LogP contribution in [0.1, 0.15) is 16.0 Å². The standard InChI is InChI=1S/C22H21ClN4O2S/c1-26-11-15-9-14(10-24-22(15)25-19(28)13-26)7-8-20(29)27(2)12-18-21(23)16-5-3-4-6-17(16)30-18/h3-10H,11-13H2,1-2H3,(H,24,25,28)/b8-7+. The molecule has 0 bridgehead atoms. The fourth-order valence-electron chi connectivity index (χ4n) is 3.37. The molecule has 1 aliphatic heterocycles. The Balaban J connectivity index is 1.46. The van der Waals surface area contributed by atoms with Gasteiger partial charge in [-0.25, -0.2) is 4.98 Å². The number of hydrogen-bond acceptors (Lipinski definition) is 5. The van der Waals surface area contributed by atoms with E-state index in [0.29, 0.717) is 30.5 Å². The molecule has 30 heavy (non-hydrogen) atoms. The molecule has 1 aliphatic rings. The van der Waals surface area contributed by atoms with Crippen molar-refractivity contribution >= 4 is 56.7 Å². The lowest BCUT2D eigenvalue weighted by atomic mass is 10.1. The van der Waals surface area contributed by atoms with Crippen molar-refractivity contribution in [3.8, 4) is 0 Å². The second kappa shape index (κ2) is 8.55. The molecule has 8 heteroatoms. The van der Waals surface area contributed by atoms with Gasteiger partial charge in [0, 0.05) is 46.4 Å². The summed E-state index contributed by atoms with van der Waals surface area (Å²) in [5.74, 6) is 0.372. The Morgan fingerprint density at radius 2 is 2.17 bits per heavy atom. The summed E-state index contributed by atoms with van der Waals surface area (Å²) in [5, 5.41) is 4.53. The van der Waals surface area contributed by atoms with E-state index in [0.717, 1.165) is 26.1 Å². The molecule has 0 saturated heterocycles. The Morgan fingerprint density at radius 3 is 2.97 bits per heavy atom. The molecule has 3 heterocycles. The van der Waals surface area contributed by atoms with Crippen molar-refractivity contribution in [1.29, 1.82) is 0 Å². The van der Waals surface area contributed by atoms with Crippen LogP contribution in [-0.4, -0.2) is 47.2 Å². The summed E-state index contributed by atoms with van der Waals surface area (Å²) >= 11 is 8.10. The SMILES string of the molecule is CN1CC(=O)Nc2ncc(/C=C/C(=O)N(C)Cc3sc4ccccc4c3Cl)cc2C1. The number of thiophene rings is 1. The quantitative estimate of drug-likeness (QED) is 0.622. The van der Waals surface area contributed by atoms with Gasteiger partial charge in [0.05, 0.1) is 18.1 Å². The van der Waals surface area contributed by atoms with E-state index >= 15 is 0 Å². The summed E-state index contributed by atoms with van der Waals surface area (Å²) in [4.78, 5) is 33.3. The van der Waals surface area contributed by atoms with Crippen LogP contribution < -0.4 is 5.32 Å². The van der Waals surface area contributed by atoms with Gasteiger partial charge in [-0.15, -0.1) is 11.3 Å². The second-order valence-electron chi connectivity index (χ2n) is 7.36. The number of anilines is 1. The molecule has 0 radical (unpaired) electrons. The topological polar surface area (TPSA) is 65.5 Å². The van der Waals surface area contributed by atoms with Gasteiger partial charge in [-0.1, -0.05) is 29.8 Å². The number of nitrogens with zero attached hydrogens (tertiary/aromatic N) is 3. The average molecular weight is 441 g/mol. The minimum absolute atomic E-state index is 0.0799. The van der Waals surface area contributed by atoms with E-state index in [1.165, 1.54) is 6.08 Å². The molecule has 2 amide bonds. The first-order valence-corrected chi connectivity index (χ1v) is 10.7. The Kier molecular flexibility index (Phi) is 5.85. The first kappa shape index (κ1) is 20.5. The highest BCUT2D eigenvalue weighted by Crippen LogP contribution is 2.35. The zero-order valence-electron chi connectivity index (χ0n) is 16.7. The number of carbonyl (C=O) groups is 2. The van der Waals surface area contributed by atoms with Crippen LogP contribution in [0.5, 0.6) is 0 Å². The van der Waals surface area contributed by atoms with Gasteiger partial charge in [-0.2, -0.15) is 0 Å². The van der Waals surface area contributed by atoms with E-state index in [9.17, 15) is 9.59 Å². The largest absolute Gasteiger partial charge is 0.337 e. The van der Waals surface area contributed by atoms with Crippen LogP contribution in [0.15, 0.2) is 42.6 Å².